The first kappa shape index (κ1) is 16.0. The zero-order valence-electron chi connectivity index (χ0n) is 12.0. The van der Waals surface area contributed by atoms with Gasteiger partial charge < -0.3 is 10.4 Å². The molecule has 0 aromatic carbocycles. The third-order valence-electron chi connectivity index (χ3n) is 3.65. The molecule has 0 saturated heterocycles. The third-order valence-corrected chi connectivity index (χ3v) is 3.65. The van der Waals surface area contributed by atoms with Gasteiger partial charge in [0.15, 0.2) is 0 Å². The predicted molar refractivity (Wildman–Crippen MR) is 73.9 cm³/mol. The Morgan fingerprint density at radius 3 is 2.37 bits per heavy atom. The second-order valence-corrected chi connectivity index (χ2v) is 5.63. The van der Waals surface area contributed by atoms with E-state index < -0.39 is 5.97 Å². The van der Waals surface area contributed by atoms with E-state index in [0.29, 0.717) is 6.54 Å². The van der Waals surface area contributed by atoms with Crippen LogP contribution in [0.15, 0.2) is 0 Å². The molecule has 19 heavy (non-hydrogen) atoms. The van der Waals surface area contributed by atoms with Crippen LogP contribution in [0.2, 0.25) is 0 Å². The number of hydrogen-bond acceptors (Lipinski definition) is 3. The fourth-order valence-corrected chi connectivity index (χ4v) is 2.60. The maximum Gasteiger partial charge on any atom is 0.317 e. The topological polar surface area (TPSA) is 69.6 Å². The predicted octanol–water partition coefficient (Wildman–Crippen LogP) is 1.48. The third kappa shape index (κ3) is 6.57. The molecule has 0 atom stereocenters. The maximum atomic E-state index is 11.9. The van der Waals surface area contributed by atoms with Crippen LogP contribution < -0.4 is 5.32 Å². The summed E-state index contributed by atoms with van der Waals surface area (Å²) in [5.41, 5.74) is 0. The van der Waals surface area contributed by atoms with E-state index in [9.17, 15) is 9.59 Å². The molecule has 1 amide bonds. The molecule has 1 rings (SSSR count). The molecule has 0 unspecified atom stereocenters. The van der Waals surface area contributed by atoms with Crippen molar-refractivity contribution in [1.82, 2.24) is 10.2 Å². The number of carbonyl (C=O) groups excluding carboxylic acids is 1. The summed E-state index contributed by atoms with van der Waals surface area (Å²) in [5, 5.41) is 11.8. The van der Waals surface area contributed by atoms with E-state index in [1.54, 1.807) is 4.90 Å². The van der Waals surface area contributed by atoms with E-state index in [-0.39, 0.29) is 25.0 Å². The summed E-state index contributed by atoms with van der Waals surface area (Å²) in [4.78, 5) is 24.3. The monoisotopic (exact) mass is 270 g/mol. The lowest BCUT2D eigenvalue weighted by Gasteiger charge is -2.28. The molecule has 5 nitrogen and oxygen atoms in total. The quantitative estimate of drug-likeness (QED) is 0.735. The minimum absolute atomic E-state index is 0.0470. The Morgan fingerprint density at radius 1 is 1.21 bits per heavy atom. The van der Waals surface area contributed by atoms with Gasteiger partial charge in [-0.3, -0.25) is 14.5 Å². The van der Waals surface area contributed by atoms with Crippen LogP contribution in [0.4, 0.5) is 0 Å². The molecule has 0 heterocycles. The molecule has 1 fully saturated rings. The van der Waals surface area contributed by atoms with Crippen molar-refractivity contribution in [2.45, 2.75) is 52.0 Å². The number of rotatable bonds is 7. The highest BCUT2D eigenvalue weighted by atomic mass is 16.4. The Hall–Kier alpha value is -1.10. The average molecular weight is 270 g/mol. The molecule has 1 saturated carbocycles. The smallest absolute Gasteiger partial charge is 0.317 e. The molecular weight excluding hydrogens is 244 g/mol. The van der Waals surface area contributed by atoms with Gasteiger partial charge in [0.2, 0.25) is 5.91 Å². The highest BCUT2D eigenvalue weighted by Crippen LogP contribution is 2.23. The molecule has 2 N–H and O–H groups in total. The summed E-state index contributed by atoms with van der Waals surface area (Å²) in [7, 11) is 0. The van der Waals surface area contributed by atoms with Gasteiger partial charge in [-0.25, -0.2) is 0 Å². The standard InChI is InChI=1S/C14H26N2O3/c1-3-8-16(10-14(18)19)9-13(17)15-12-6-4-11(2)5-7-12/h11-12H,3-10H2,1-2H3,(H,15,17)(H,18,19). The summed E-state index contributed by atoms with van der Waals surface area (Å²) >= 11 is 0. The van der Waals surface area contributed by atoms with Crippen LogP contribution in [0.1, 0.15) is 46.0 Å². The van der Waals surface area contributed by atoms with Crippen molar-refractivity contribution in [2.75, 3.05) is 19.6 Å². The largest absolute Gasteiger partial charge is 0.480 e. The Balaban J connectivity index is 2.33. The molecule has 0 bridgehead atoms. The molecule has 1 aliphatic rings. The summed E-state index contributed by atoms with van der Waals surface area (Å²) in [6, 6.07) is 0.275. The second kappa shape index (κ2) is 8.15. The zero-order valence-corrected chi connectivity index (χ0v) is 12.0. The minimum atomic E-state index is -0.882. The highest BCUT2D eigenvalue weighted by Gasteiger charge is 2.21. The number of nitrogens with zero attached hydrogens (tertiary/aromatic N) is 1. The fourth-order valence-electron chi connectivity index (χ4n) is 2.60. The number of carboxylic acid groups (broad SMARTS) is 1. The van der Waals surface area contributed by atoms with Crippen LogP contribution in [-0.2, 0) is 9.59 Å². The first-order valence-electron chi connectivity index (χ1n) is 7.24. The SMILES string of the molecule is CCCN(CC(=O)O)CC(=O)NC1CCC(C)CC1. The first-order chi connectivity index (χ1) is 9.01. The second-order valence-electron chi connectivity index (χ2n) is 5.63. The average Bonchev–Trinajstić information content (AvgIpc) is 2.31. The normalized spacial score (nSPS) is 23.3. The van der Waals surface area contributed by atoms with Crippen molar-refractivity contribution in [1.29, 1.82) is 0 Å². The molecule has 5 heteroatoms. The maximum absolute atomic E-state index is 11.9. The van der Waals surface area contributed by atoms with E-state index in [1.165, 1.54) is 12.8 Å². The van der Waals surface area contributed by atoms with Gasteiger partial charge in [-0.15, -0.1) is 0 Å². The van der Waals surface area contributed by atoms with E-state index in [0.717, 1.165) is 25.2 Å². The Bertz CT molecular complexity index is 299. The summed E-state index contributed by atoms with van der Waals surface area (Å²) in [6.45, 7) is 4.99. The highest BCUT2D eigenvalue weighted by molar-refractivity contribution is 5.79. The molecule has 0 spiro atoms. The van der Waals surface area contributed by atoms with Crippen molar-refractivity contribution in [2.24, 2.45) is 5.92 Å². The summed E-state index contributed by atoms with van der Waals surface area (Å²) < 4.78 is 0. The van der Waals surface area contributed by atoms with Crippen LogP contribution >= 0.6 is 0 Å². The van der Waals surface area contributed by atoms with Gasteiger partial charge in [0.25, 0.3) is 0 Å². The molecule has 0 radical (unpaired) electrons. The number of amides is 1. The van der Waals surface area contributed by atoms with Crippen LogP contribution in [0.3, 0.4) is 0 Å². The number of aliphatic carboxylic acids is 1. The van der Waals surface area contributed by atoms with Crippen LogP contribution in [0, 0.1) is 5.92 Å². The molecular formula is C14H26N2O3. The van der Waals surface area contributed by atoms with Crippen molar-refractivity contribution in [3.63, 3.8) is 0 Å². The van der Waals surface area contributed by atoms with Gasteiger partial charge in [-0.2, -0.15) is 0 Å². The van der Waals surface area contributed by atoms with E-state index in [4.69, 9.17) is 5.11 Å². The van der Waals surface area contributed by atoms with Crippen molar-refractivity contribution in [3.05, 3.63) is 0 Å². The zero-order chi connectivity index (χ0) is 14.3. The number of carboxylic acids is 1. The van der Waals surface area contributed by atoms with E-state index in [1.807, 2.05) is 6.92 Å². The van der Waals surface area contributed by atoms with Gasteiger partial charge >= 0.3 is 5.97 Å². The molecule has 1 aliphatic carbocycles. The minimum Gasteiger partial charge on any atom is -0.480 e. The Kier molecular flexibility index (Phi) is 6.84. The van der Waals surface area contributed by atoms with Gasteiger partial charge in [0.1, 0.15) is 0 Å². The van der Waals surface area contributed by atoms with Gasteiger partial charge in [-0.05, 0) is 44.6 Å². The van der Waals surface area contributed by atoms with Crippen LogP contribution in [0.5, 0.6) is 0 Å². The fraction of sp³-hybridized carbons (Fsp3) is 0.857. The number of hydrogen-bond donors (Lipinski definition) is 2. The number of nitrogens with one attached hydrogen (secondary N) is 1. The summed E-state index contributed by atoms with van der Waals surface area (Å²) in [6.07, 6.45) is 5.26. The van der Waals surface area contributed by atoms with Crippen molar-refractivity contribution < 1.29 is 14.7 Å². The van der Waals surface area contributed by atoms with Crippen molar-refractivity contribution in [3.8, 4) is 0 Å². The molecule has 110 valence electrons. The van der Waals surface area contributed by atoms with Crippen molar-refractivity contribution >= 4 is 11.9 Å². The Labute approximate surface area is 115 Å². The van der Waals surface area contributed by atoms with E-state index in [2.05, 4.69) is 12.2 Å². The number of carbonyl (C=O) groups is 2. The lowest BCUT2D eigenvalue weighted by molar-refractivity contribution is -0.138. The van der Waals surface area contributed by atoms with Gasteiger partial charge in [0, 0.05) is 6.04 Å². The first-order valence-corrected chi connectivity index (χ1v) is 7.24. The Morgan fingerprint density at radius 2 is 1.84 bits per heavy atom. The van der Waals surface area contributed by atoms with Crippen LogP contribution in [-0.4, -0.2) is 47.6 Å². The van der Waals surface area contributed by atoms with Gasteiger partial charge in [0.05, 0.1) is 13.1 Å². The molecule has 0 aromatic heterocycles. The lowest BCUT2D eigenvalue weighted by atomic mass is 9.87. The molecule has 0 aliphatic heterocycles. The molecule has 0 aromatic rings. The van der Waals surface area contributed by atoms with E-state index >= 15 is 0 Å². The summed E-state index contributed by atoms with van der Waals surface area (Å²) in [5.74, 6) is -0.168. The lowest BCUT2D eigenvalue weighted by Crippen LogP contribution is -2.44. The van der Waals surface area contributed by atoms with Gasteiger partial charge in [-0.1, -0.05) is 13.8 Å². The van der Waals surface area contributed by atoms with Crippen LogP contribution in [0.25, 0.3) is 0 Å².